The fourth-order valence-corrected chi connectivity index (χ4v) is 6.13. The van der Waals surface area contributed by atoms with Crippen LogP contribution in [0.1, 0.15) is 46.1 Å². The van der Waals surface area contributed by atoms with E-state index in [2.05, 4.69) is 52.9 Å². The van der Waals surface area contributed by atoms with Gasteiger partial charge in [-0.1, -0.05) is 52.0 Å². The van der Waals surface area contributed by atoms with Gasteiger partial charge in [0.1, 0.15) is 12.0 Å². The zero-order valence-electron chi connectivity index (χ0n) is 22.3. The van der Waals surface area contributed by atoms with E-state index in [0.29, 0.717) is 13.2 Å². The molecule has 34 heavy (non-hydrogen) atoms. The largest absolute Gasteiger partial charge is 0.497 e. The molecule has 0 aromatic heterocycles. The molecule has 0 aliphatic heterocycles. The van der Waals surface area contributed by atoms with Crippen LogP contribution in [0.3, 0.4) is 0 Å². The molecule has 3 rings (SSSR count). The predicted molar refractivity (Wildman–Crippen MR) is 139 cm³/mol. The first-order chi connectivity index (χ1) is 15.9. The van der Waals surface area contributed by atoms with Crippen molar-refractivity contribution in [1.82, 2.24) is 0 Å². The van der Waals surface area contributed by atoms with Gasteiger partial charge in [0, 0.05) is 37.4 Å². The molecule has 1 aromatic carbocycles. The summed E-state index contributed by atoms with van der Waals surface area (Å²) < 4.78 is 24.1. The Labute approximate surface area is 207 Å². The van der Waals surface area contributed by atoms with Crippen molar-refractivity contribution in [1.29, 1.82) is 0 Å². The molecule has 6 heteroatoms. The average molecular weight is 489 g/mol. The Balaban J connectivity index is 1.78. The number of hydrogen-bond donors (Lipinski definition) is 0. The number of fused-ring (bicyclic) bond motifs is 1. The number of aldehydes is 1. The first-order valence-corrected chi connectivity index (χ1v) is 15.4. The minimum absolute atomic E-state index is 0.00332. The standard InChI is InChI=1S/C28H44O5Si/c1-27(2,3)34(7,8)33-18-21-11-14-24-25(28(21,4)19-29)15-23(31-6)16-26(24)32-17-20-9-12-22(30-5)13-10-20/h9-14,19,21,23-26H,15-18H2,1-8H3/t21-,23-,24-,25-,26-,28+/m0/s1. The Bertz CT molecular complexity index is 843. The minimum atomic E-state index is -1.91. The number of benzene rings is 1. The van der Waals surface area contributed by atoms with Gasteiger partial charge in [-0.05, 0) is 48.2 Å². The molecule has 1 saturated carbocycles. The fourth-order valence-electron chi connectivity index (χ4n) is 5.10. The highest BCUT2D eigenvalue weighted by Gasteiger charge is 2.52. The molecule has 0 unspecified atom stereocenters. The van der Waals surface area contributed by atoms with E-state index in [1.807, 2.05) is 24.3 Å². The van der Waals surface area contributed by atoms with Crippen LogP contribution in [0, 0.1) is 23.2 Å². The molecule has 0 saturated heterocycles. The third kappa shape index (κ3) is 5.67. The molecule has 1 fully saturated rings. The summed E-state index contributed by atoms with van der Waals surface area (Å²) in [5, 5.41) is 0.137. The van der Waals surface area contributed by atoms with Gasteiger partial charge in [-0.2, -0.15) is 0 Å². The number of ether oxygens (including phenoxy) is 3. The maximum atomic E-state index is 12.6. The third-order valence-corrected chi connectivity index (χ3v) is 13.2. The van der Waals surface area contributed by atoms with E-state index in [0.717, 1.165) is 24.2 Å². The summed E-state index contributed by atoms with van der Waals surface area (Å²) in [6.45, 7) is 14.5. The van der Waals surface area contributed by atoms with E-state index < -0.39 is 13.7 Å². The van der Waals surface area contributed by atoms with Crippen LogP contribution in [0.4, 0.5) is 0 Å². The van der Waals surface area contributed by atoms with Crippen LogP contribution < -0.4 is 4.74 Å². The second-order valence-corrected chi connectivity index (χ2v) is 16.6. The molecule has 2 aliphatic carbocycles. The van der Waals surface area contributed by atoms with Gasteiger partial charge in [-0.25, -0.2) is 0 Å². The first kappa shape index (κ1) is 27.1. The number of hydrogen-bond acceptors (Lipinski definition) is 5. The van der Waals surface area contributed by atoms with Crippen LogP contribution in [0.5, 0.6) is 5.75 Å². The maximum absolute atomic E-state index is 12.6. The highest BCUT2D eigenvalue weighted by atomic mass is 28.4. The second kappa shape index (κ2) is 10.6. The summed E-state index contributed by atoms with van der Waals surface area (Å²) in [4.78, 5) is 12.6. The quantitative estimate of drug-likeness (QED) is 0.241. The van der Waals surface area contributed by atoms with E-state index in [1.54, 1.807) is 14.2 Å². The lowest BCUT2D eigenvalue weighted by molar-refractivity contribution is -0.138. The van der Waals surface area contributed by atoms with Crippen LogP contribution in [-0.4, -0.2) is 47.6 Å². The maximum Gasteiger partial charge on any atom is 0.192 e. The third-order valence-electron chi connectivity index (χ3n) is 8.71. The molecule has 5 nitrogen and oxygen atoms in total. The minimum Gasteiger partial charge on any atom is -0.497 e. The summed E-state index contributed by atoms with van der Waals surface area (Å²) in [6, 6.07) is 7.98. The van der Waals surface area contributed by atoms with Crippen molar-refractivity contribution in [3.63, 3.8) is 0 Å². The van der Waals surface area contributed by atoms with Gasteiger partial charge in [-0.3, -0.25) is 0 Å². The molecule has 190 valence electrons. The van der Waals surface area contributed by atoms with Gasteiger partial charge in [0.2, 0.25) is 0 Å². The molecular formula is C28H44O5Si. The Morgan fingerprint density at radius 1 is 1.09 bits per heavy atom. The van der Waals surface area contributed by atoms with Crippen LogP contribution in [0.2, 0.25) is 18.1 Å². The normalized spacial score (nSPS) is 31.7. The van der Waals surface area contributed by atoms with E-state index in [-0.39, 0.29) is 35.0 Å². The topological polar surface area (TPSA) is 54.0 Å². The lowest BCUT2D eigenvalue weighted by Crippen LogP contribution is -2.53. The van der Waals surface area contributed by atoms with E-state index in [9.17, 15) is 4.79 Å². The SMILES string of the molecule is COc1ccc(CO[C@H]2C[C@@H](OC)C[C@H]3[C@@H]2C=C[C@@H](CO[Si](C)(C)C(C)(C)C)[C@@]3(C)C=O)cc1. The number of rotatable bonds is 9. The van der Waals surface area contributed by atoms with Crippen molar-refractivity contribution < 1.29 is 23.4 Å². The Kier molecular flexibility index (Phi) is 8.49. The summed E-state index contributed by atoms with van der Waals surface area (Å²) in [5.41, 5.74) is 0.594. The Hall–Kier alpha value is -1.47. The summed E-state index contributed by atoms with van der Waals surface area (Å²) >= 11 is 0. The van der Waals surface area contributed by atoms with Crippen molar-refractivity contribution in [3.8, 4) is 5.75 Å². The molecule has 0 radical (unpaired) electrons. The summed E-state index contributed by atoms with van der Waals surface area (Å²) in [6.07, 6.45) is 7.46. The number of carbonyl (C=O) groups excluding carboxylic acids is 1. The summed E-state index contributed by atoms with van der Waals surface area (Å²) in [5.74, 6) is 1.23. The molecule has 0 amide bonds. The highest BCUT2D eigenvalue weighted by Crippen LogP contribution is 2.51. The van der Waals surface area contributed by atoms with Gasteiger partial charge < -0.3 is 23.4 Å². The second-order valence-electron chi connectivity index (χ2n) is 11.8. The fraction of sp³-hybridized carbons (Fsp3) is 0.679. The smallest absolute Gasteiger partial charge is 0.192 e. The molecule has 0 spiro atoms. The van der Waals surface area contributed by atoms with Gasteiger partial charge in [0.25, 0.3) is 0 Å². The van der Waals surface area contributed by atoms with Gasteiger partial charge >= 0.3 is 0 Å². The number of methoxy groups -OCH3 is 2. The van der Waals surface area contributed by atoms with Crippen LogP contribution in [0.25, 0.3) is 0 Å². The van der Waals surface area contributed by atoms with Gasteiger partial charge in [0.15, 0.2) is 8.32 Å². The number of carbonyl (C=O) groups is 1. The van der Waals surface area contributed by atoms with Crippen molar-refractivity contribution in [2.24, 2.45) is 23.2 Å². The zero-order valence-corrected chi connectivity index (χ0v) is 23.3. The average Bonchev–Trinajstić information content (AvgIpc) is 2.81. The summed E-state index contributed by atoms with van der Waals surface area (Å²) in [7, 11) is 1.53. The van der Waals surface area contributed by atoms with E-state index in [4.69, 9.17) is 18.6 Å². The molecule has 0 N–H and O–H groups in total. The Morgan fingerprint density at radius 2 is 1.76 bits per heavy atom. The molecule has 1 aromatic rings. The van der Waals surface area contributed by atoms with Crippen LogP contribution >= 0.6 is 0 Å². The van der Waals surface area contributed by atoms with Crippen molar-refractivity contribution >= 4 is 14.6 Å². The predicted octanol–water partition coefficient (Wildman–Crippen LogP) is 6.03. The van der Waals surface area contributed by atoms with Crippen molar-refractivity contribution in [2.75, 3.05) is 20.8 Å². The van der Waals surface area contributed by atoms with E-state index in [1.165, 1.54) is 6.29 Å². The molecule has 2 aliphatic rings. The molecule has 0 bridgehead atoms. The van der Waals surface area contributed by atoms with Crippen LogP contribution in [0.15, 0.2) is 36.4 Å². The monoisotopic (exact) mass is 488 g/mol. The zero-order chi connectivity index (χ0) is 25.1. The molecule has 0 heterocycles. The lowest BCUT2D eigenvalue weighted by atomic mass is 9.56. The Morgan fingerprint density at radius 3 is 2.32 bits per heavy atom. The van der Waals surface area contributed by atoms with Gasteiger partial charge in [0.05, 0.1) is 25.9 Å². The first-order valence-electron chi connectivity index (χ1n) is 12.5. The molecule has 6 atom stereocenters. The van der Waals surface area contributed by atoms with Gasteiger partial charge in [-0.15, -0.1) is 0 Å². The van der Waals surface area contributed by atoms with Crippen molar-refractivity contribution in [3.05, 3.63) is 42.0 Å². The van der Waals surface area contributed by atoms with E-state index >= 15 is 0 Å². The van der Waals surface area contributed by atoms with Crippen molar-refractivity contribution in [2.45, 2.75) is 77.5 Å². The van der Waals surface area contributed by atoms with Crippen LogP contribution in [-0.2, 0) is 25.3 Å². The highest BCUT2D eigenvalue weighted by molar-refractivity contribution is 6.74. The lowest BCUT2D eigenvalue weighted by Gasteiger charge is -2.51. The molecular weight excluding hydrogens is 444 g/mol.